The van der Waals surface area contributed by atoms with Gasteiger partial charge in [-0.15, -0.1) is 0 Å². The Morgan fingerprint density at radius 1 is 1.42 bits per heavy atom. The van der Waals surface area contributed by atoms with Crippen molar-refractivity contribution in [2.24, 2.45) is 0 Å². The third kappa shape index (κ3) is 3.00. The molecular formula is C13H12ClN3O2. The Morgan fingerprint density at radius 2 is 2.21 bits per heavy atom. The van der Waals surface area contributed by atoms with Crippen molar-refractivity contribution >= 4 is 23.2 Å². The number of halogens is 1. The molecule has 2 aromatic rings. The standard InChI is InChI=1S/C13H12ClN3O2/c1-8-10(6-15-7-16-8)13(18)17-9-3-4-12(19-2)11(14)5-9/h3-7H,1-2H3,(H,17,18). The average Bonchev–Trinajstić information content (AvgIpc) is 2.39. The van der Waals surface area contributed by atoms with Crippen LogP contribution in [-0.2, 0) is 0 Å². The van der Waals surface area contributed by atoms with Gasteiger partial charge in [-0.25, -0.2) is 9.97 Å². The number of hydrogen-bond donors (Lipinski definition) is 1. The number of nitrogens with one attached hydrogen (secondary N) is 1. The molecule has 0 atom stereocenters. The van der Waals surface area contributed by atoms with Gasteiger partial charge in [0.15, 0.2) is 0 Å². The van der Waals surface area contributed by atoms with Crippen LogP contribution in [-0.4, -0.2) is 23.0 Å². The highest BCUT2D eigenvalue weighted by molar-refractivity contribution is 6.32. The molecule has 0 saturated carbocycles. The van der Waals surface area contributed by atoms with E-state index in [1.54, 1.807) is 25.1 Å². The zero-order valence-corrected chi connectivity index (χ0v) is 11.2. The highest BCUT2D eigenvalue weighted by Crippen LogP contribution is 2.27. The van der Waals surface area contributed by atoms with Crippen LogP contribution in [0, 0.1) is 6.92 Å². The van der Waals surface area contributed by atoms with Gasteiger partial charge in [-0.05, 0) is 25.1 Å². The molecule has 6 heteroatoms. The highest BCUT2D eigenvalue weighted by atomic mass is 35.5. The van der Waals surface area contributed by atoms with Gasteiger partial charge in [-0.3, -0.25) is 4.79 Å². The second kappa shape index (κ2) is 5.67. The molecule has 2 rings (SSSR count). The molecule has 98 valence electrons. The first-order chi connectivity index (χ1) is 9.11. The van der Waals surface area contributed by atoms with E-state index >= 15 is 0 Å². The lowest BCUT2D eigenvalue weighted by Crippen LogP contribution is -2.14. The molecule has 0 saturated heterocycles. The van der Waals surface area contributed by atoms with E-state index in [1.165, 1.54) is 19.6 Å². The van der Waals surface area contributed by atoms with Crippen LogP contribution in [0.5, 0.6) is 5.75 Å². The molecule has 19 heavy (non-hydrogen) atoms. The van der Waals surface area contributed by atoms with Gasteiger partial charge >= 0.3 is 0 Å². The molecule has 0 fully saturated rings. The van der Waals surface area contributed by atoms with Gasteiger partial charge in [-0.2, -0.15) is 0 Å². The number of rotatable bonds is 3. The highest BCUT2D eigenvalue weighted by Gasteiger charge is 2.11. The Balaban J connectivity index is 2.20. The lowest BCUT2D eigenvalue weighted by Gasteiger charge is -2.08. The topological polar surface area (TPSA) is 64.1 Å². The van der Waals surface area contributed by atoms with Gasteiger partial charge in [0, 0.05) is 11.9 Å². The number of aromatic nitrogens is 2. The van der Waals surface area contributed by atoms with Crippen molar-refractivity contribution < 1.29 is 9.53 Å². The maximum Gasteiger partial charge on any atom is 0.259 e. The van der Waals surface area contributed by atoms with E-state index in [-0.39, 0.29) is 5.91 Å². The number of anilines is 1. The monoisotopic (exact) mass is 277 g/mol. The minimum atomic E-state index is -0.278. The number of hydrogen-bond acceptors (Lipinski definition) is 4. The summed E-state index contributed by atoms with van der Waals surface area (Å²) in [5, 5.41) is 3.16. The zero-order valence-electron chi connectivity index (χ0n) is 10.5. The quantitative estimate of drug-likeness (QED) is 0.937. The van der Waals surface area contributed by atoms with Gasteiger partial charge in [-0.1, -0.05) is 11.6 Å². The molecule has 0 radical (unpaired) electrons. The van der Waals surface area contributed by atoms with E-state index in [1.807, 2.05) is 0 Å². The Morgan fingerprint density at radius 3 is 2.84 bits per heavy atom. The van der Waals surface area contributed by atoms with Crippen molar-refractivity contribution in [3.05, 3.63) is 47.0 Å². The van der Waals surface area contributed by atoms with Gasteiger partial charge < -0.3 is 10.1 Å². The summed E-state index contributed by atoms with van der Waals surface area (Å²) in [5.41, 5.74) is 1.63. The fraction of sp³-hybridized carbons (Fsp3) is 0.154. The molecule has 0 spiro atoms. The summed E-state index contributed by atoms with van der Waals surface area (Å²) < 4.78 is 5.04. The largest absolute Gasteiger partial charge is 0.495 e. The predicted octanol–water partition coefficient (Wildman–Crippen LogP) is 2.70. The number of ether oxygens (including phenoxy) is 1. The molecule has 0 aliphatic heterocycles. The molecule has 0 unspecified atom stereocenters. The third-order valence-corrected chi connectivity index (χ3v) is 2.86. The van der Waals surface area contributed by atoms with Crippen molar-refractivity contribution in [1.82, 2.24) is 9.97 Å². The van der Waals surface area contributed by atoms with Crippen molar-refractivity contribution in [3.8, 4) is 5.75 Å². The van der Waals surface area contributed by atoms with Crippen LogP contribution in [0.3, 0.4) is 0 Å². The third-order valence-electron chi connectivity index (χ3n) is 2.57. The number of amides is 1. The zero-order chi connectivity index (χ0) is 13.8. The van der Waals surface area contributed by atoms with E-state index < -0.39 is 0 Å². The first kappa shape index (κ1) is 13.3. The van der Waals surface area contributed by atoms with Crippen LogP contribution >= 0.6 is 11.6 Å². The summed E-state index contributed by atoms with van der Waals surface area (Å²) in [7, 11) is 1.53. The van der Waals surface area contributed by atoms with E-state index in [2.05, 4.69) is 15.3 Å². The van der Waals surface area contributed by atoms with Gasteiger partial charge in [0.2, 0.25) is 0 Å². The van der Waals surface area contributed by atoms with Crippen LogP contribution in [0.25, 0.3) is 0 Å². The van der Waals surface area contributed by atoms with E-state index in [0.29, 0.717) is 27.7 Å². The average molecular weight is 278 g/mol. The molecule has 0 bridgehead atoms. The number of aryl methyl sites for hydroxylation is 1. The lowest BCUT2D eigenvalue weighted by atomic mass is 10.2. The Labute approximate surface area is 115 Å². The fourth-order valence-electron chi connectivity index (χ4n) is 1.56. The fourth-order valence-corrected chi connectivity index (χ4v) is 1.81. The van der Waals surface area contributed by atoms with Crippen LogP contribution in [0.15, 0.2) is 30.7 Å². The van der Waals surface area contributed by atoms with Crippen molar-refractivity contribution in [2.45, 2.75) is 6.92 Å². The van der Waals surface area contributed by atoms with Crippen LogP contribution in [0.2, 0.25) is 5.02 Å². The first-order valence-corrected chi connectivity index (χ1v) is 5.91. The molecule has 1 heterocycles. The molecule has 5 nitrogen and oxygen atoms in total. The van der Waals surface area contributed by atoms with Crippen LogP contribution in [0.1, 0.15) is 16.1 Å². The minimum absolute atomic E-state index is 0.278. The SMILES string of the molecule is COc1ccc(NC(=O)c2cncnc2C)cc1Cl. The van der Waals surface area contributed by atoms with E-state index in [9.17, 15) is 4.79 Å². The Hall–Kier alpha value is -2.14. The van der Waals surface area contributed by atoms with E-state index in [4.69, 9.17) is 16.3 Å². The van der Waals surface area contributed by atoms with Crippen molar-refractivity contribution in [2.75, 3.05) is 12.4 Å². The number of carbonyl (C=O) groups is 1. The minimum Gasteiger partial charge on any atom is -0.495 e. The smallest absolute Gasteiger partial charge is 0.259 e. The van der Waals surface area contributed by atoms with Gasteiger partial charge in [0.25, 0.3) is 5.91 Å². The number of methoxy groups -OCH3 is 1. The number of benzene rings is 1. The molecule has 1 aromatic heterocycles. The van der Waals surface area contributed by atoms with Gasteiger partial charge in [0.1, 0.15) is 12.1 Å². The van der Waals surface area contributed by atoms with Crippen LogP contribution in [0.4, 0.5) is 5.69 Å². The summed E-state index contributed by atoms with van der Waals surface area (Å²) in [6, 6.07) is 5.02. The molecule has 1 amide bonds. The number of carbonyl (C=O) groups excluding carboxylic acids is 1. The summed E-state index contributed by atoms with van der Waals surface area (Å²) >= 11 is 5.99. The maximum absolute atomic E-state index is 12.0. The second-order valence-corrected chi connectivity index (χ2v) is 4.23. The lowest BCUT2D eigenvalue weighted by molar-refractivity contribution is 0.102. The summed E-state index contributed by atoms with van der Waals surface area (Å²) in [5.74, 6) is 0.276. The summed E-state index contributed by atoms with van der Waals surface area (Å²) in [6.45, 7) is 1.75. The Bertz CT molecular complexity index is 617. The molecule has 1 N–H and O–H groups in total. The molecular weight excluding hydrogens is 266 g/mol. The van der Waals surface area contributed by atoms with Crippen molar-refractivity contribution in [3.63, 3.8) is 0 Å². The molecule has 1 aromatic carbocycles. The molecule has 0 aliphatic rings. The summed E-state index contributed by atoms with van der Waals surface area (Å²) in [6.07, 6.45) is 2.87. The van der Waals surface area contributed by atoms with Gasteiger partial charge in [0.05, 0.1) is 23.4 Å². The summed E-state index contributed by atoms with van der Waals surface area (Å²) in [4.78, 5) is 19.8. The maximum atomic E-state index is 12.0. The first-order valence-electron chi connectivity index (χ1n) is 5.53. The second-order valence-electron chi connectivity index (χ2n) is 3.83. The number of nitrogens with zero attached hydrogens (tertiary/aromatic N) is 2. The predicted molar refractivity (Wildman–Crippen MR) is 72.7 cm³/mol. The van der Waals surface area contributed by atoms with Crippen LogP contribution < -0.4 is 10.1 Å². The van der Waals surface area contributed by atoms with Crippen molar-refractivity contribution in [1.29, 1.82) is 0 Å². The normalized spacial score (nSPS) is 10.1. The Kier molecular flexibility index (Phi) is 3.97. The molecule has 0 aliphatic carbocycles. The van der Waals surface area contributed by atoms with E-state index in [0.717, 1.165) is 0 Å².